The number of amides is 1. The molecule has 0 bridgehead atoms. The van der Waals surface area contributed by atoms with Gasteiger partial charge in [-0.15, -0.1) is 0 Å². The number of rotatable bonds is 6. The number of nitrogens with zero attached hydrogens (tertiary/aromatic N) is 2. The van der Waals surface area contributed by atoms with Crippen LogP contribution in [0.25, 0.3) is 11.3 Å². The summed E-state index contributed by atoms with van der Waals surface area (Å²) in [6.45, 7) is 1.82. The first-order chi connectivity index (χ1) is 13.8. The van der Waals surface area contributed by atoms with E-state index in [2.05, 4.69) is 10.5 Å². The van der Waals surface area contributed by atoms with E-state index in [0.29, 0.717) is 0 Å². The maximum Gasteiger partial charge on any atom is 0.257 e. The van der Waals surface area contributed by atoms with Crippen molar-refractivity contribution in [3.8, 4) is 11.3 Å². The number of benzene rings is 2. The van der Waals surface area contributed by atoms with Crippen molar-refractivity contribution in [3.05, 3.63) is 76.0 Å². The zero-order chi connectivity index (χ0) is 21.1. The van der Waals surface area contributed by atoms with Gasteiger partial charge in [-0.25, -0.2) is 8.78 Å². The van der Waals surface area contributed by atoms with Crippen LogP contribution >= 0.6 is 11.6 Å². The molecule has 1 atom stereocenters. The molecule has 1 amide bonds. The zero-order valence-corrected chi connectivity index (χ0v) is 16.9. The van der Waals surface area contributed by atoms with Gasteiger partial charge in [0.2, 0.25) is 0 Å². The molecule has 2 aromatic carbocycles. The third-order valence-electron chi connectivity index (χ3n) is 4.62. The van der Waals surface area contributed by atoms with Crippen LogP contribution in [-0.4, -0.2) is 36.6 Å². The van der Waals surface area contributed by atoms with Gasteiger partial charge >= 0.3 is 0 Å². The number of aryl methyl sites for hydroxylation is 1. The maximum absolute atomic E-state index is 14.3. The summed E-state index contributed by atoms with van der Waals surface area (Å²) in [5, 5.41) is 6.81. The molecule has 3 rings (SSSR count). The highest BCUT2D eigenvalue weighted by Gasteiger charge is 2.26. The van der Waals surface area contributed by atoms with Gasteiger partial charge in [-0.05, 0) is 50.8 Å². The number of halogens is 3. The Bertz CT molecular complexity index is 999. The first-order valence-corrected chi connectivity index (χ1v) is 9.28. The topological polar surface area (TPSA) is 58.4 Å². The number of aromatic nitrogens is 1. The van der Waals surface area contributed by atoms with Crippen LogP contribution in [0, 0.1) is 18.6 Å². The highest BCUT2D eigenvalue weighted by Crippen LogP contribution is 2.33. The van der Waals surface area contributed by atoms with Crippen LogP contribution in [-0.2, 0) is 0 Å². The van der Waals surface area contributed by atoms with Gasteiger partial charge in [-0.2, -0.15) is 0 Å². The SMILES string of the molecule is Cc1onc(-c2c(F)cccc2Cl)c1C(=O)NCC(c1ccc(F)cc1)N(C)C. The highest BCUT2D eigenvalue weighted by molar-refractivity contribution is 6.33. The van der Waals surface area contributed by atoms with Crippen LogP contribution in [0.15, 0.2) is 47.0 Å². The molecule has 1 aromatic heterocycles. The Morgan fingerprint density at radius 3 is 2.52 bits per heavy atom. The van der Waals surface area contributed by atoms with E-state index >= 15 is 0 Å². The van der Waals surface area contributed by atoms with E-state index in [1.807, 2.05) is 19.0 Å². The molecule has 1 unspecified atom stereocenters. The molecule has 1 N–H and O–H groups in total. The minimum Gasteiger partial charge on any atom is -0.360 e. The van der Waals surface area contributed by atoms with Gasteiger partial charge in [0.15, 0.2) is 0 Å². The Labute approximate surface area is 172 Å². The minimum absolute atomic E-state index is 0.0128. The lowest BCUT2D eigenvalue weighted by atomic mass is 10.0. The fraction of sp³-hybridized carbons (Fsp3) is 0.238. The number of hydrogen-bond acceptors (Lipinski definition) is 4. The first kappa shape index (κ1) is 21.0. The first-order valence-electron chi connectivity index (χ1n) is 8.90. The molecule has 1 heterocycles. The van der Waals surface area contributed by atoms with Gasteiger partial charge in [0.1, 0.15) is 28.7 Å². The molecule has 29 heavy (non-hydrogen) atoms. The lowest BCUT2D eigenvalue weighted by Crippen LogP contribution is -2.34. The molecule has 0 saturated heterocycles. The minimum atomic E-state index is -0.600. The van der Waals surface area contributed by atoms with E-state index in [9.17, 15) is 13.6 Å². The summed E-state index contributed by atoms with van der Waals surface area (Å²) in [5.74, 6) is -1.15. The van der Waals surface area contributed by atoms with E-state index in [1.54, 1.807) is 19.1 Å². The average Bonchev–Trinajstić information content (AvgIpc) is 3.04. The molecule has 0 aliphatic carbocycles. The molecule has 152 valence electrons. The summed E-state index contributed by atoms with van der Waals surface area (Å²) in [7, 11) is 3.71. The Balaban J connectivity index is 1.86. The lowest BCUT2D eigenvalue weighted by Gasteiger charge is -2.25. The molecule has 8 heteroatoms. The second-order valence-corrected chi connectivity index (χ2v) is 7.21. The maximum atomic E-state index is 14.3. The van der Waals surface area contributed by atoms with Crippen molar-refractivity contribution in [1.29, 1.82) is 0 Å². The molecule has 5 nitrogen and oxygen atoms in total. The van der Waals surface area contributed by atoms with Crippen LogP contribution in [0.5, 0.6) is 0 Å². The number of carbonyl (C=O) groups is 1. The molecular weight excluding hydrogens is 400 g/mol. The summed E-state index contributed by atoms with van der Waals surface area (Å²) >= 11 is 6.12. The van der Waals surface area contributed by atoms with Crippen LogP contribution in [0.1, 0.15) is 27.7 Å². The van der Waals surface area contributed by atoms with E-state index in [4.69, 9.17) is 16.1 Å². The molecule has 0 spiro atoms. The zero-order valence-electron chi connectivity index (χ0n) is 16.2. The van der Waals surface area contributed by atoms with Crippen LogP contribution < -0.4 is 5.32 Å². The van der Waals surface area contributed by atoms with Crippen molar-refractivity contribution in [2.75, 3.05) is 20.6 Å². The Morgan fingerprint density at radius 2 is 1.90 bits per heavy atom. The van der Waals surface area contributed by atoms with Crippen LogP contribution in [0.3, 0.4) is 0 Å². The van der Waals surface area contributed by atoms with Crippen LogP contribution in [0.4, 0.5) is 8.78 Å². The summed E-state index contributed by atoms with van der Waals surface area (Å²) in [5.41, 5.74) is 1.02. The number of carbonyl (C=O) groups excluding carboxylic acids is 1. The quantitative estimate of drug-likeness (QED) is 0.633. The van der Waals surface area contributed by atoms with Crippen molar-refractivity contribution < 1.29 is 18.1 Å². The van der Waals surface area contributed by atoms with Gasteiger partial charge < -0.3 is 14.7 Å². The molecule has 0 radical (unpaired) electrons. The number of likely N-dealkylation sites (N-methyl/N-ethyl adjacent to an activating group) is 1. The van der Waals surface area contributed by atoms with E-state index < -0.39 is 11.7 Å². The highest BCUT2D eigenvalue weighted by atomic mass is 35.5. The number of hydrogen-bond donors (Lipinski definition) is 1. The summed E-state index contributed by atoms with van der Waals surface area (Å²) < 4.78 is 32.7. The van der Waals surface area contributed by atoms with Crippen molar-refractivity contribution in [3.63, 3.8) is 0 Å². The Morgan fingerprint density at radius 1 is 1.21 bits per heavy atom. The van der Waals surface area contributed by atoms with Crippen LogP contribution in [0.2, 0.25) is 5.02 Å². The fourth-order valence-corrected chi connectivity index (χ4v) is 3.35. The average molecular weight is 420 g/mol. The van der Waals surface area contributed by atoms with Crippen molar-refractivity contribution >= 4 is 17.5 Å². The van der Waals surface area contributed by atoms with Crippen molar-refractivity contribution in [2.24, 2.45) is 0 Å². The van der Waals surface area contributed by atoms with E-state index in [1.165, 1.54) is 30.3 Å². The smallest absolute Gasteiger partial charge is 0.257 e. The monoisotopic (exact) mass is 419 g/mol. The summed E-state index contributed by atoms with van der Waals surface area (Å²) in [4.78, 5) is 14.8. The van der Waals surface area contributed by atoms with Gasteiger partial charge in [0.05, 0.1) is 16.6 Å². The summed E-state index contributed by atoms with van der Waals surface area (Å²) in [6, 6.07) is 10.1. The predicted octanol–water partition coefficient (Wildman–Crippen LogP) is 4.61. The predicted molar refractivity (Wildman–Crippen MR) is 107 cm³/mol. The molecule has 3 aromatic rings. The molecule has 0 saturated carbocycles. The van der Waals surface area contributed by atoms with Gasteiger partial charge in [0, 0.05) is 6.54 Å². The molecule has 0 fully saturated rings. The largest absolute Gasteiger partial charge is 0.360 e. The Hall–Kier alpha value is -2.77. The van der Waals surface area contributed by atoms with E-state index in [0.717, 1.165) is 5.56 Å². The van der Waals surface area contributed by atoms with E-state index in [-0.39, 0.29) is 46.0 Å². The summed E-state index contributed by atoms with van der Waals surface area (Å²) in [6.07, 6.45) is 0. The third-order valence-corrected chi connectivity index (χ3v) is 4.94. The second kappa shape index (κ2) is 8.71. The molecule has 0 aliphatic heterocycles. The van der Waals surface area contributed by atoms with Crippen molar-refractivity contribution in [1.82, 2.24) is 15.4 Å². The second-order valence-electron chi connectivity index (χ2n) is 6.80. The van der Waals surface area contributed by atoms with Gasteiger partial charge in [-0.3, -0.25) is 4.79 Å². The standard InChI is InChI=1S/C21H20ClF2N3O2/c1-12-18(20(26-29-12)19-15(22)5-4-6-16(19)24)21(28)25-11-17(27(2)3)13-7-9-14(23)10-8-13/h4-10,17H,11H2,1-3H3,(H,25,28). The molecular formula is C21H20ClF2N3O2. The fourth-order valence-electron chi connectivity index (χ4n) is 3.10. The Kier molecular flexibility index (Phi) is 6.30. The van der Waals surface area contributed by atoms with Crippen molar-refractivity contribution in [2.45, 2.75) is 13.0 Å². The third kappa shape index (κ3) is 4.46. The molecule has 0 aliphatic rings. The number of nitrogens with one attached hydrogen (secondary N) is 1. The lowest BCUT2D eigenvalue weighted by molar-refractivity contribution is 0.0941. The normalized spacial score (nSPS) is 12.2. The van der Waals surface area contributed by atoms with Gasteiger partial charge in [-0.1, -0.05) is 35.0 Å². The van der Waals surface area contributed by atoms with Gasteiger partial charge in [0.25, 0.3) is 5.91 Å².